The Kier molecular flexibility index (Phi) is 6.06. The Hall–Kier alpha value is -2.18. The van der Waals surface area contributed by atoms with Crippen LogP contribution in [0.5, 0.6) is 0 Å². The normalized spacial score (nSPS) is 10.9. The van der Waals surface area contributed by atoms with Gasteiger partial charge in [0, 0.05) is 34.3 Å². The van der Waals surface area contributed by atoms with E-state index in [0.717, 1.165) is 39.9 Å². The molecule has 7 heteroatoms. The van der Waals surface area contributed by atoms with Gasteiger partial charge in [0.15, 0.2) is 5.13 Å². The Morgan fingerprint density at radius 3 is 2.73 bits per heavy atom. The molecule has 0 aliphatic carbocycles. The average molecular weight is 390 g/mol. The Bertz CT molecular complexity index is 887. The largest absolute Gasteiger partial charge is 0.466 e. The molecule has 0 unspecified atom stereocenters. The van der Waals surface area contributed by atoms with Crippen molar-refractivity contribution in [1.82, 2.24) is 14.5 Å². The van der Waals surface area contributed by atoms with Crippen molar-refractivity contribution in [3.05, 3.63) is 52.4 Å². The molecule has 0 N–H and O–H groups in total. The second-order valence-electron chi connectivity index (χ2n) is 5.78. The van der Waals surface area contributed by atoms with Crippen LogP contribution < -0.4 is 0 Å². The highest BCUT2D eigenvalue weighted by atomic mass is 35.5. The van der Waals surface area contributed by atoms with E-state index in [0.29, 0.717) is 18.1 Å². The number of carbonyl (C=O) groups is 1. The number of hydrogen-bond acceptors (Lipinski definition) is 5. The van der Waals surface area contributed by atoms with Crippen molar-refractivity contribution in [3.63, 3.8) is 0 Å². The highest BCUT2D eigenvalue weighted by molar-refractivity contribution is 7.14. The van der Waals surface area contributed by atoms with Crippen molar-refractivity contribution in [2.75, 3.05) is 6.61 Å². The van der Waals surface area contributed by atoms with Gasteiger partial charge >= 0.3 is 5.97 Å². The van der Waals surface area contributed by atoms with Crippen molar-refractivity contribution in [3.8, 4) is 16.4 Å². The van der Waals surface area contributed by atoms with Crippen LogP contribution in [0.3, 0.4) is 0 Å². The van der Waals surface area contributed by atoms with E-state index in [-0.39, 0.29) is 5.97 Å². The summed E-state index contributed by atoms with van der Waals surface area (Å²) in [7, 11) is 0. The Morgan fingerprint density at radius 1 is 1.31 bits per heavy atom. The molecule has 0 amide bonds. The predicted octanol–water partition coefficient (Wildman–Crippen LogP) is 4.84. The van der Waals surface area contributed by atoms with Gasteiger partial charge in [0.1, 0.15) is 5.82 Å². The average Bonchev–Trinajstić information content (AvgIpc) is 3.22. The van der Waals surface area contributed by atoms with E-state index in [1.165, 1.54) is 0 Å². The third-order valence-corrected chi connectivity index (χ3v) is 5.29. The first-order valence-corrected chi connectivity index (χ1v) is 9.69. The monoisotopic (exact) mass is 389 g/mol. The van der Waals surface area contributed by atoms with Crippen molar-refractivity contribution in [2.24, 2.45) is 0 Å². The minimum Gasteiger partial charge on any atom is -0.466 e. The van der Waals surface area contributed by atoms with Crippen molar-refractivity contribution in [2.45, 2.75) is 33.1 Å². The lowest BCUT2D eigenvalue weighted by Crippen LogP contribution is -2.03. The van der Waals surface area contributed by atoms with Crippen LogP contribution in [-0.4, -0.2) is 27.1 Å². The van der Waals surface area contributed by atoms with E-state index in [9.17, 15) is 4.79 Å². The van der Waals surface area contributed by atoms with Crippen LogP contribution in [0.25, 0.3) is 16.4 Å². The SMILES string of the molecule is CCOC(=O)CCCc1sc(-n2ccnc2C)nc1-c1ccc(Cl)cc1. The lowest BCUT2D eigenvalue weighted by Gasteiger charge is -2.03. The van der Waals surface area contributed by atoms with Crippen LogP contribution in [0.15, 0.2) is 36.7 Å². The summed E-state index contributed by atoms with van der Waals surface area (Å²) in [6, 6.07) is 7.66. The number of benzene rings is 1. The van der Waals surface area contributed by atoms with Gasteiger partial charge < -0.3 is 4.74 Å². The van der Waals surface area contributed by atoms with Gasteiger partial charge in [0.05, 0.1) is 12.3 Å². The fourth-order valence-electron chi connectivity index (χ4n) is 2.65. The molecule has 0 aliphatic rings. The van der Waals surface area contributed by atoms with E-state index in [1.807, 2.05) is 48.9 Å². The summed E-state index contributed by atoms with van der Waals surface area (Å²) < 4.78 is 6.98. The van der Waals surface area contributed by atoms with Crippen LogP contribution in [0.1, 0.15) is 30.5 Å². The number of imidazole rings is 1. The number of hydrogen-bond donors (Lipinski definition) is 0. The maximum atomic E-state index is 11.6. The molecule has 0 fully saturated rings. The molecule has 0 aliphatic heterocycles. The number of rotatable bonds is 7. The fourth-order valence-corrected chi connectivity index (χ4v) is 3.93. The van der Waals surface area contributed by atoms with Crippen LogP contribution in [-0.2, 0) is 16.0 Å². The summed E-state index contributed by atoms with van der Waals surface area (Å²) in [6.07, 6.45) is 5.57. The van der Waals surface area contributed by atoms with Gasteiger partial charge in [-0.05, 0) is 38.8 Å². The van der Waals surface area contributed by atoms with E-state index >= 15 is 0 Å². The van der Waals surface area contributed by atoms with Gasteiger partial charge in [-0.25, -0.2) is 9.97 Å². The zero-order valence-corrected chi connectivity index (χ0v) is 16.3. The molecule has 1 aromatic carbocycles. The first-order valence-electron chi connectivity index (χ1n) is 8.50. The number of esters is 1. The number of aromatic nitrogens is 3. The molecule has 2 aromatic heterocycles. The molecular formula is C19H20ClN3O2S. The molecule has 3 aromatic rings. The fraction of sp³-hybridized carbons (Fsp3) is 0.316. The van der Waals surface area contributed by atoms with Crippen LogP contribution in [0.4, 0.5) is 0 Å². The van der Waals surface area contributed by atoms with Crippen LogP contribution >= 0.6 is 22.9 Å². The molecule has 5 nitrogen and oxygen atoms in total. The van der Waals surface area contributed by atoms with Crippen molar-refractivity contribution < 1.29 is 9.53 Å². The zero-order chi connectivity index (χ0) is 18.5. The minimum absolute atomic E-state index is 0.157. The van der Waals surface area contributed by atoms with E-state index in [2.05, 4.69) is 4.98 Å². The number of aryl methyl sites for hydroxylation is 2. The van der Waals surface area contributed by atoms with Gasteiger partial charge in [-0.2, -0.15) is 0 Å². The summed E-state index contributed by atoms with van der Waals surface area (Å²) in [5.41, 5.74) is 1.94. The Morgan fingerprint density at radius 2 is 2.08 bits per heavy atom. The summed E-state index contributed by atoms with van der Waals surface area (Å²) in [5.74, 6) is 0.732. The summed E-state index contributed by atoms with van der Waals surface area (Å²) in [6.45, 7) is 4.18. The molecule has 0 radical (unpaired) electrons. The molecule has 2 heterocycles. The third-order valence-electron chi connectivity index (χ3n) is 3.93. The van der Waals surface area contributed by atoms with Crippen molar-refractivity contribution in [1.29, 1.82) is 0 Å². The second-order valence-corrected chi connectivity index (χ2v) is 7.28. The quantitative estimate of drug-likeness (QED) is 0.542. The lowest BCUT2D eigenvalue weighted by atomic mass is 10.1. The number of ether oxygens (including phenoxy) is 1. The van der Waals surface area contributed by atoms with Gasteiger partial charge in [0.2, 0.25) is 0 Å². The highest BCUT2D eigenvalue weighted by Gasteiger charge is 2.16. The van der Waals surface area contributed by atoms with E-state index in [1.54, 1.807) is 17.5 Å². The zero-order valence-electron chi connectivity index (χ0n) is 14.7. The molecule has 26 heavy (non-hydrogen) atoms. The molecule has 136 valence electrons. The van der Waals surface area contributed by atoms with Gasteiger partial charge in [-0.3, -0.25) is 9.36 Å². The maximum absolute atomic E-state index is 11.6. The molecule has 0 saturated heterocycles. The first kappa shape index (κ1) is 18.6. The van der Waals surface area contributed by atoms with Gasteiger partial charge in [-0.15, -0.1) is 11.3 Å². The van der Waals surface area contributed by atoms with Gasteiger partial charge in [0.25, 0.3) is 0 Å². The highest BCUT2D eigenvalue weighted by Crippen LogP contribution is 2.32. The molecule has 0 saturated carbocycles. The Labute approximate surface area is 161 Å². The molecule has 0 atom stereocenters. The topological polar surface area (TPSA) is 57.0 Å². The van der Waals surface area contributed by atoms with E-state index in [4.69, 9.17) is 21.3 Å². The summed E-state index contributed by atoms with van der Waals surface area (Å²) in [5, 5.41) is 1.56. The van der Waals surface area contributed by atoms with Crippen molar-refractivity contribution >= 4 is 28.9 Å². The molecule has 0 bridgehead atoms. The van der Waals surface area contributed by atoms with Gasteiger partial charge in [-0.1, -0.05) is 23.7 Å². The number of nitrogens with zero attached hydrogens (tertiary/aromatic N) is 3. The first-order chi connectivity index (χ1) is 12.6. The molecular weight excluding hydrogens is 370 g/mol. The second kappa shape index (κ2) is 8.47. The summed E-state index contributed by atoms with van der Waals surface area (Å²) in [4.78, 5) is 21.8. The predicted molar refractivity (Wildman–Crippen MR) is 104 cm³/mol. The molecule has 0 spiro atoms. The number of halogens is 1. The minimum atomic E-state index is -0.157. The lowest BCUT2D eigenvalue weighted by molar-refractivity contribution is -0.143. The third kappa shape index (κ3) is 4.31. The number of thiazole rings is 1. The standard InChI is InChI=1S/C19H20ClN3O2S/c1-3-25-17(24)6-4-5-16-18(14-7-9-15(20)10-8-14)22-19(26-16)23-12-11-21-13(23)2/h7-12H,3-6H2,1-2H3. The molecule has 3 rings (SSSR count). The van der Waals surface area contributed by atoms with Crippen LogP contribution in [0, 0.1) is 6.92 Å². The maximum Gasteiger partial charge on any atom is 0.305 e. The van der Waals surface area contributed by atoms with Crippen LogP contribution in [0.2, 0.25) is 5.02 Å². The smallest absolute Gasteiger partial charge is 0.305 e. The van der Waals surface area contributed by atoms with E-state index < -0.39 is 0 Å². The number of carbonyl (C=O) groups excluding carboxylic acids is 1. The Balaban J connectivity index is 1.88. The summed E-state index contributed by atoms with van der Waals surface area (Å²) >= 11 is 7.63.